The van der Waals surface area contributed by atoms with Gasteiger partial charge in [0.25, 0.3) is 5.89 Å². The predicted octanol–water partition coefficient (Wildman–Crippen LogP) is 3.95. The van der Waals surface area contributed by atoms with Gasteiger partial charge in [0.2, 0.25) is 5.91 Å². The molecule has 4 rings (SSSR count). The Hall–Kier alpha value is -3.03. The summed E-state index contributed by atoms with van der Waals surface area (Å²) in [6.45, 7) is 6.20. The van der Waals surface area contributed by atoms with E-state index in [1.165, 1.54) is 12.1 Å². The topological polar surface area (TPSA) is 77.0 Å². The lowest BCUT2D eigenvalue weighted by atomic mass is 9.93. The number of hydrogen-bond donors (Lipinski definition) is 0. The van der Waals surface area contributed by atoms with Crippen LogP contribution in [0, 0.1) is 25.6 Å². The Kier molecular flexibility index (Phi) is 6.44. The molecule has 3 heterocycles. The molecule has 1 saturated heterocycles. The van der Waals surface area contributed by atoms with Gasteiger partial charge in [0.15, 0.2) is 5.82 Å². The van der Waals surface area contributed by atoms with Gasteiger partial charge in [0.05, 0.1) is 5.69 Å². The maximum atomic E-state index is 13.1. The molecular weight excluding hydrogens is 397 g/mol. The van der Waals surface area contributed by atoms with Gasteiger partial charge >= 0.3 is 0 Å². The molecule has 1 amide bonds. The molecule has 1 atom stereocenters. The number of nitrogens with zero attached hydrogens (tertiary/aromatic N) is 5. The summed E-state index contributed by atoms with van der Waals surface area (Å²) in [4.78, 5) is 19.1. The summed E-state index contributed by atoms with van der Waals surface area (Å²) in [6.07, 6.45) is 4.20. The molecule has 164 valence electrons. The van der Waals surface area contributed by atoms with Crippen molar-refractivity contribution in [1.82, 2.24) is 24.8 Å². The van der Waals surface area contributed by atoms with Crippen LogP contribution in [0.15, 0.2) is 34.9 Å². The molecule has 0 saturated carbocycles. The molecule has 2 aromatic heterocycles. The normalized spacial score (nSPS) is 16.6. The third-order valence-corrected chi connectivity index (χ3v) is 5.85. The number of rotatable bonds is 7. The van der Waals surface area contributed by atoms with Crippen molar-refractivity contribution in [3.63, 3.8) is 0 Å². The van der Waals surface area contributed by atoms with Crippen molar-refractivity contribution in [1.29, 1.82) is 0 Å². The van der Waals surface area contributed by atoms with E-state index in [-0.39, 0.29) is 11.7 Å². The number of carbonyl (C=O) groups is 1. The van der Waals surface area contributed by atoms with Gasteiger partial charge in [-0.25, -0.2) is 4.39 Å². The largest absolute Gasteiger partial charge is 0.342 e. The van der Waals surface area contributed by atoms with Crippen LogP contribution in [-0.2, 0) is 17.8 Å². The molecule has 0 aliphatic carbocycles. The molecule has 3 aromatic rings. The van der Waals surface area contributed by atoms with Gasteiger partial charge in [-0.1, -0.05) is 5.16 Å². The van der Waals surface area contributed by atoms with Crippen LogP contribution >= 0.6 is 0 Å². The fraction of sp³-hybridized carbons (Fsp3) is 0.478. The first kappa shape index (κ1) is 21.2. The molecule has 7 nitrogen and oxygen atoms in total. The maximum Gasteiger partial charge on any atom is 0.257 e. The molecule has 0 spiro atoms. The third-order valence-electron chi connectivity index (χ3n) is 5.85. The SMILES string of the molecule is Cc1cc(C)n(CCC(=O)N2CCCC(CCc3noc(-c4ccc(F)cc4)n3)C2)n1. The monoisotopic (exact) mass is 425 g/mol. The number of likely N-dealkylation sites (tertiary alicyclic amines) is 1. The van der Waals surface area contributed by atoms with Crippen molar-refractivity contribution in [3.8, 4) is 11.5 Å². The number of hydrogen-bond acceptors (Lipinski definition) is 5. The average Bonchev–Trinajstić information content (AvgIpc) is 3.37. The van der Waals surface area contributed by atoms with Crippen LogP contribution in [0.3, 0.4) is 0 Å². The molecule has 0 bridgehead atoms. The van der Waals surface area contributed by atoms with E-state index < -0.39 is 0 Å². The molecule has 0 N–H and O–H groups in total. The van der Waals surface area contributed by atoms with Crippen molar-refractivity contribution < 1.29 is 13.7 Å². The maximum absolute atomic E-state index is 13.1. The molecule has 1 aliphatic heterocycles. The smallest absolute Gasteiger partial charge is 0.257 e. The molecular formula is C23H28FN5O2. The minimum Gasteiger partial charge on any atom is -0.342 e. The Labute approximate surface area is 181 Å². The van der Waals surface area contributed by atoms with E-state index in [1.54, 1.807) is 12.1 Å². The van der Waals surface area contributed by atoms with E-state index in [9.17, 15) is 9.18 Å². The molecule has 31 heavy (non-hydrogen) atoms. The Morgan fingerprint density at radius 1 is 1.26 bits per heavy atom. The highest BCUT2D eigenvalue weighted by molar-refractivity contribution is 5.76. The summed E-state index contributed by atoms with van der Waals surface area (Å²) in [5, 5.41) is 8.49. The van der Waals surface area contributed by atoms with Crippen molar-refractivity contribution in [2.75, 3.05) is 13.1 Å². The van der Waals surface area contributed by atoms with E-state index in [4.69, 9.17) is 4.52 Å². The van der Waals surface area contributed by atoms with Gasteiger partial charge < -0.3 is 9.42 Å². The Morgan fingerprint density at radius 3 is 2.81 bits per heavy atom. The van der Waals surface area contributed by atoms with Gasteiger partial charge in [0.1, 0.15) is 5.82 Å². The Balaban J connectivity index is 1.26. The summed E-state index contributed by atoms with van der Waals surface area (Å²) in [6, 6.07) is 8.04. The van der Waals surface area contributed by atoms with Gasteiger partial charge in [-0.15, -0.1) is 0 Å². The number of benzene rings is 1. The van der Waals surface area contributed by atoms with Crippen LogP contribution in [-0.4, -0.2) is 43.8 Å². The zero-order chi connectivity index (χ0) is 21.8. The van der Waals surface area contributed by atoms with Crippen molar-refractivity contribution in [3.05, 3.63) is 53.4 Å². The quantitative estimate of drug-likeness (QED) is 0.573. The van der Waals surface area contributed by atoms with Gasteiger partial charge in [-0.2, -0.15) is 10.1 Å². The zero-order valence-electron chi connectivity index (χ0n) is 18.1. The number of amides is 1. The molecule has 1 unspecified atom stereocenters. The second-order valence-corrected chi connectivity index (χ2v) is 8.31. The van der Waals surface area contributed by atoms with Crippen LogP contribution in [0.5, 0.6) is 0 Å². The number of aryl methyl sites for hydroxylation is 4. The lowest BCUT2D eigenvalue weighted by Gasteiger charge is -2.32. The van der Waals surface area contributed by atoms with Crippen LogP contribution in [0.25, 0.3) is 11.5 Å². The lowest BCUT2D eigenvalue weighted by Crippen LogP contribution is -2.40. The standard InChI is InChI=1S/C23H28FN5O2/c1-16-14-17(2)29(26-16)13-11-22(30)28-12-3-4-18(15-28)5-10-21-25-23(31-27-21)19-6-8-20(24)9-7-19/h6-9,14,18H,3-5,10-13,15H2,1-2H3. The van der Waals surface area contributed by atoms with Crippen LogP contribution in [0.1, 0.15) is 42.9 Å². The van der Waals surface area contributed by atoms with Gasteiger partial charge in [-0.05, 0) is 69.4 Å². The Bertz CT molecular complexity index is 1030. The summed E-state index contributed by atoms with van der Waals surface area (Å²) in [5.41, 5.74) is 2.77. The first-order valence-corrected chi connectivity index (χ1v) is 10.9. The third kappa shape index (κ3) is 5.37. The van der Waals surface area contributed by atoms with E-state index in [1.807, 2.05) is 29.5 Å². The van der Waals surface area contributed by atoms with Gasteiger partial charge in [0, 0.05) is 43.7 Å². The molecule has 8 heteroatoms. The number of piperidine rings is 1. The summed E-state index contributed by atoms with van der Waals surface area (Å²) < 4.78 is 20.3. The first-order chi connectivity index (χ1) is 15.0. The number of aromatic nitrogens is 4. The van der Waals surface area contributed by atoms with Crippen LogP contribution in [0.4, 0.5) is 4.39 Å². The number of halogens is 1. The van der Waals surface area contributed by atoms with E-state index in [0.717, 1.165) is 43.7 Å². The summed E-state index contributed by atoms with van der Waals surface area (Å²) >= 11 is 0. The number of carbonyl (C=O) groups excluding carboxylic acids is 1. The minimum atomic E-state index is -0.297. The second kappa shape index (κ2) is 9.41. The molecule has 0 radical (unpaired) electrons. The Morgan fingerprint density at radius 2 is 2.06 bits per heavy atom. The summed E-state index contributed by atoms with van der Waals surface area (Å²) in [7, 11) is 0. The highest BCUT2D eigenvalue weighted by atomic mass is 19.1. The molecule has 1 fully saturated rings. The molecule has 1 aliphatic rings. The van der Waals surface area contributed by atoms with Crippen LogP contribution in [0.2, 0.25) is 0 Å². The second-order valence-electron chi connectivity index (χ2n) is 8.31. The highest BCUT2D eigenvalue weighted by Gasteiger charge is 2.24. The van der Waals surface area contributed by atoms with E-state index in [0.29, 0.717) is 42.6 Å². The highest BCUT2D eigenvalue weighted by Crippen LogP contribution is 2.23. The lowest BCUT2D eigenvalue weighted by molar-refractivity contribution is -0.133. The zero-order valence-corrected chi connectivity index (χ0v) is 18.1. The fourth-order valence-corrected chi connectivity index (χ4v) is 4.19. The fourth-order valence-electron chi connectivity index (χ4n) is 4.19. The van der Waals surface area contributed by atoms with Crippen LogP contribution < -0.4 is 0 Å². The summed E-state index contributed by atoms with van der Waals surface area (Å²) in [5.74, 6) is 1.37. The average molecular weight is 426 g/mol. The first-order valence-electron chi connectivity index (χ1n) is 10.9. The molecule has 1 aromatic carbocycles. The van der Waals surface area contributed by atoms with Crippen molar-refractivity contribution >= 4 is 5.91 Å². The predicted molar refractivity (Wildman–Crippen MR) is 114 cm³/mol. The van der Waals surface area contributed by atoms with E-state index >= 15 is 0 Å². The van der Waals surface area contributed by atoms with Crippen molar-refractivity contribution in [2.45, 2.75) is 52.5 Å². The van der Waals surface area contributed by atoms with Crippen molar-refractivity contribution in [2.24, 2.45) is 5.92 Å². The minimum absolute atomic E-state index is 0.190. The van der Waals surface area contributed by atoms with Gasteiger partial charge in [-0.3, -0.25) is 9.48 Å². The van der Waals surface area contributed by atoms with E-state index in [2.05, 4.69) is 15.2 Å².